The lowest BCUT2D eigenvalue weighted by atomic mass is 10.1. The number of thioether (sulfide) groups is 1. The van der Waals surface area contributed by atoms with E-state index < -0.39 is 0 Å². The number of pyridine rings is 1. The minimum atomic E-state index is -0.230. The van der Waals surface area contributed by atoms with E-state index in [9.17, 15) is 9.59 Å². The van der Waals surface area contributed by atoms with Crippen LogP contribution in [0.2, 0.25) is 0 Å². The van der Waals surface area contributed by atoms with Crippen molar-refractivity contribution in [2.75, 3.05) is 11.5 Å². The van der Waals surface area contributed by atoms with E-state index in [1.807, 2.05) is 30.3 Å². The minimum absolute atomic E-state index is 0.0419. The van der Waals surface area contributed by atoms with Gasteiger partial charge in [-0.25, -0.2) is 4.98 Å². The van der Waals surface area contributed by atoms with Gasteiger partial charge < -0.3 is 15.0 Å². The molecular weight excluding hydrogens is 370 g/mol. The molecule has 0 unspecified atom stereocenters. The Morgan fingerprint density at radius 2 is 2.12 bits per heavy atom. The number of rotatable bonds is 3. The summed E-state index contributed by atoms with van der Waals surface area (Å²) in [6.45, 7) is 0.386. The molecule has 0 spiro atoms. The van der Waals surface area contributed by atoms with Crippen LogP contribution in [0.1, 0.15) is 11.1 Å². The van der Waals surface area contributed by atoms with Crippen molar-refractivity contribution in [3.63, 3.8) is 0 Å². The normalized spacial score (nSPS) is 17.9. The quantitative estimate of drug-likeness (QED) is 0.649. The van der Waals surface area contributed by atoms with Crippen LogP contribution >= 0.6 is 24.0 Å². The van der Waals surface area contributed by atoms with Crippen LogP contribution in [0.3, 0.4) is 0 Å². The number of carbonyl (C=O) groups is 2. The molecule has 0 aliphatic carbocycles. The van der Waals surface area contributed by atoms with Crippen molar-refractivity contribution in [1.29, 1.82) is 0 Å². The molecule has 2 aromatic rings. The van der Waals surface area contributed by atoms with Gasteiger partial charge in [0.25, 0.3) is 11.8 Å². The molecule has 0 bridgehead atoms. The average Bonchev–Trinajstić information content (AvgIpc) is 2.95. The second-order valence-electron chi connectivity index (χ2n) is 5.70. The van der Waals surface area contributed by atoms with E-state index in [2.05, 4.69) is 10.3 Å². The van der Waals surface area contributed by atoms with Crippen molar-refractivity contribution >= 4 is 51.9 Å². The molecule has 8 heteroatoms. The zero-order valence-electron chi connectivity index (χ0n) is 13.5. The number of ether oxygens (including phenoxy) is 1. The van der Waals surface area contributed by atoms with Gasteiger partial charge in [0.1, 0.15) is 10.0 Å². The maximum atomic E-state index is 12.4. The van der Waals surface area contributed by atoms with Crippen LogP contribution in [-0.2, 0) is 16.1 Å². The van der Waals surface area contributed by atoms with Crippen LogP contribution in [0.5, 0.6) is 5.88 Å². The van der Waals surface area contributed by atoms with Gasteiger partial charge in [-0.2, -0.15) is 0 Å². The molecule has 1 N–H and O–H groups in total. The molecule has 1 saturated heterocycles. The van der Waals surface area contributed by atoms with Gasteiger partial charge in [0.2, 0.25) is 5.88 Å². The maximum absolute atomic E-state index is 12.4. The topological polar surface area (TPSA) is 71.5 Å². The summed E-state index contributed by atoms with van der Waals surface area (Å²) in [5.74, 6) is 0.0371. The smallest absolute Gasteiger partial charge is 0.265 e. The van der Waals surface area contributed by atoms with Crippen molar-refractivity contribution in [2.24, 2.45) is 0 Å². The number of aromatic nitrogens is 1. The maximum Gasteiger partial charge on any atom is 0.265 e. The van der Waals surface area contributed by atoms with Crippen molar-refractivity contribution < 1.29 is 14.3 Å². The predicted molar refractivity (Wildman–Crippen MR) is 104 cm³/mol. The van der Waals surface area contributed by atoms with Crippen LogP contribution in [-0.4, -0.2) is 27.7 Å². The van der Waals surface area contributed by atoms with Crippen LogP contribution in [0.4, 0.5) is 5.69 Å². The minimum Gasteiger partial charge on any atom is -0.466 e. The Hall–Kier alpha value is -2.71. The van der Waals surface area contributed by atoms with E-state index in [1.165, 1.54) is 11.8 Å². The molecule has 130 valence electrons. The molecule has 0 radical (unpaired) electrons. The molecule has 1 fully saturated rings. The molecule has 6 nitrogen and oxygen atoms in total. The fourth-order valence-electron chi connectivity index (χ4n) is 2.69. The number of anilines is 1. The lowest BCUT2D eigenvalue weighted by Gasteiger charge is -2.28. The highest BCUT2D eigenvalue weighted by molar-refractivity contribution is 8.26. The first-order valence-corrected chi connectivity index (χ1v) is 9.04. The van der Waals surface area contributed by atoms with Gasteiger partial charge in [0.15, 0.2) is 6.61 Å². The highest BCUT2D eigenvalue weighted by atomic mass is 32.2. The van der Waals surface area contributed by atoms with Gasteiger partial charge in [-0.1, -0.05) is 54.3 Å². The van der Waals surface area contributed by atoms with Crippen LogP contribution in [0.15, 0.2) is 47.5 Å². The highest BCUT2D eigenvalue weighted by Gasteiger charge is 2.27. The summed E-state index contributed by atoms with van der Waals surface area (Å²) in [5.41, 5.74) is 2.29. The first-order chi connectivity index (χ1) is 12.6. The van der Waals surface area contributed by atoms with Crippen LogP contribution in [0.25, 0.3) is 6.08 Å². The molecule has 2 aliphatic heterocycles. The summed E-state index contributed by atoms with van der Waals surface area (Å²) in [5, 5.41) is 2.58. The van der Waals surface area contributed by atoms with E-state index in [1.54, 1.807) is 23.2 Å². The Balaban J connectivity index is 1.68. The number of hydrogen-bond donors (Lipinski definition) is 1. The number of nitrogens with zero attached hydrogens (tertiary/aromatic N) is 2. The third-order valence-corrected chi connectivity index (χ3v) is 5.06. The number of nitrogens with one attached hydrogen (secondary N) is 1. The number of hydrogen-bond acceptors (Lipinski definition) is 6. The van der Waals surface area contributed by atoms with Crippen molar-refractivity contribution in [3.05, 3.63) is 58.6 Å². The molecule has 1 aromatic heterocycles. The molecule has 4 rings (SSSR count). The highest BCUT2D eigenvalue weighted by Crippen LogP contribution is 2.33. The van der Waals surface area contributed by atoms with Crippen molar-refractivity contribution in [2.45, 2.75) is 6.54 Å². The Kier molecular flexibility index (Phi) is 4.44. The predicted octanol–water partition coefficient (Wildman–Crippen LogP) is 2.50. The molecule has 0 atom stereocenters. The molecule has 26 heavy (non-hydrogen) atoms. The van der Waals surface area contributed by atoms with E-state index >= 15 is 0 Å². The summed E-state index contributed by atoms with van der Waals surface area (Å²) in [6, 6.07) is 11.5. The van der Waals surface area contributed by atoms with Gasteiger partial charge in [-0.3, -0.25) is 9.59 Å². The van der Waals surface area contributed by atoms with E-state index in [0.29, 0.717) is 32.9 Å². The fraction of sp³-hybridized carbons (Fsp3) is 0.111. The number of thiocarbonyl (C=S) groups is 1. The molecule has 0 saturated carbocycles. The lowest BCUT2D eigenvalue weighted by Crippen LogP contribution is -2.38. The summed E-state index contributed by atoms with van der Waals surface area (Å²) in [4.78, 5) is 30.7. The summed E-state index contributed by atoms with van der Waals surface area (Å²) in [6.07, 6.45) is 3.31. The Bertz CT molecular complexity index is 944. The second-order valence-corrected chi connectivity index (χ2v) is 7.42. The van der Waals surface area contributed by atoms with Gasteiger partial charge in [-0.05, 0) is 23.3 Å². The monoisotopic (exact) mass is 383 g/mol. The van der Waals surface area contributed by atoms with Crippen LogP contribution in [0, 0.1) is 0 Å². The fourth-order valence-corrected chi connectivity index (χ4v) is 3.74. The third-order valence-electron chi connectivity index (χ3n) is 3.90. The first-order valence-electron chi connectivity index (χ1n) is 7.82. The average molecular weight is 383 g/mol. The van der Waals surface area contributed by atoms with Crippen molar-refractivity contribution in [1.82, 2.24) is 10.3 Å². The van der Waals surface area contributed by atoms with Gasteiger partial charge >= 0.3 is 0 Å². The molecule has 2 aliphatic rings. The number of amides is 2. The van der Waals surface area contributed by atoms with E-state index in [4.69, 9.17) is 17.0 Å². The Morgan fingerprint density at radius 1 is 1.31 bits per heavy atom. The van der Waals surface area contributed by atoms with Gasteiger partial charge in [0.05, 0.1) is 11.4 Å². The molecular formula is C18H13N3O3S2. The summed E-state index contributed by atoms with van der Waals surface area (Å²) >= 11 is 6.20. The Morgan fingerprint density at radius 3 is 2.85 bits per heavy atom. The van der Waals surface area contributed by atoms with Crippen LogP contribution < -0.4 is 15.0 Å². The third kappa shape index (κ3) is 3.33. The van der Waals surface area contributed by atoms with E-state index in [0.717, 1.165) is 5.56 Å². The van der Waals surface area contributed by atoms with Gasteiger partial charge in [0, 0.05) is 6.20 Å². The summed E-state index contributed by atoms with van der Waals surface area (Å²) < 4.78 is 5.87. The van der Waals surface area contributed by atoms with Crippen molar-refractivity contribution in [3.8, 4) is 5.88 Å². The zero-order chi connectivity index (χ0) is 18.1. The largest absolute Gasteiger partial charge is 0.466 e. The molecule has 1 aromatic carbocycles. The second kappa shape index (κ2) is 6.89. The lowest BCUT2D eigenvalue weighted by molar-refractivity contribution is -0.121. The van der Waals surface area contributed by atoms with E-state index in [-0.39, 0.29) is 18.4 Å². The number of fused-ring (bicyclic) bond motifs is 1. The molecule has 3 heterocycles. The van der Waals surface area contributed by atoms with Gasteiger partial charge in [-0.15, -0.1) is 0 Å². The molecule has 2 amide bonds. The number of benzene rings is 1. The summed E-state index contributed by atoms with van der Waals surface area (Å²) in [7, 11) is 0. The SMILES string of the molecule is O=C1NC(=S)S/C1=C/c1cnc2c(c1)N(Cc1ccccc1)C(=O)CO2. The zero-order valence-corrected chi connectivity index (χ0v) is 15.1. The standard InChI is InChI=1S/C18H13N3O3S2/c22-15-10-24-17-13(21(15)9-11-4-2-1-3-5-11)6-12(8-19-17)7-14-16(23)20-18(25)26-14/h1-8H,9-10H2,(H,20,23,25)/b14-7+. The Labute approximate surface area is 159 Å². The number of carbonyl (C=O) groups excluding carboxylic acids is 2. The first kappa shape index (κ1) is 16.7.